The van der Waals surface area contributed by atoms with E-state index in [-0.39, 0.29) is 41.8 Å². The highest BCUT2D eigenvalue weighted by Gasteiger charge is 2.45. The van der Waals surface area contributed by atoms with E-state index in [9.17, 15) is 14.4 Å². The third-order valence-electron chi connectivity index (χ3n) is 7.97. The van der Waals surface area contributed by atoms with Crippen LogP contribution in [0.25, 0.3) is 0 Å². The smallest absolute Gasteiger partial charge is 0.308 e. The van der Waals surface area contributed by atoms with Crippen molar-refractivity contribution >= 4 is 17.8 Å². The van der Waals surface area contributed by atoms with Crippen molar-refractivity contribution in [2.24, 2.45) is 5.92 Å². The highest BCUT2D eigenvalue weighted by molar-refractivity contribution is 5.83. The summed E-state index contributed by atoms with van der Waals surface area (Å²) in [5.41, 5.74) is 1.16. The molecule has 192 valence electrons. The van der Waals surface area contributed by atoms with Crippen molar-refractivity contribution in [1.29, 1.82) is 0 Å². The van der Waals surface area contributed by atoms with Gasteiger partial charge in [-0.3, -0.25) is 24.2 Å². The summed E-state index contributed by atoms with van der Waals surface area (Å²) in [5, 5.41) is 3.14. The molecule has 3 fully saturated rings. The van der Waals surface area contributed by atoms with E-state index < -0.39 is 0 Å². The lowest BCUT2D eigenvalue weighted by Crippen LogP contribution is -2.49. The number of rotatable bonds is 7. The minimum Gasteiger partial charge on any atom is -0.497 e. The first-order valence-corrected chi connectivity index (χ1v) is 12.6. The first kappa shape index (κ1) is 25.4. The van der Waals surface area contributed by atoms with Gasteiger partial charge in [-0.15, -0.1) is 0 Å². The molecule has 9 heteroatoms. The topological polar surface area (TPSA) is 91.4 Å². The zero-order chi connectivity index (χ0) is 24.9. The molecule has 1 N–H and O–H groups in total. The lowest BCUT2D eigenvalue weighted by Gasteiger charge is -2.34. The molecule has 0 unspecified atom stereocenters. The van der Waals surface area contributed by atoms with Gasteiger partial charge in [0.15, 0.2) is 0 Å². The van der Waals surface area contributed by atoms with Gasteiger partial charge in [0, 0.05) is 51.2 Å². The van der Waals surface area contributed by atoms with Gasteiger partial charge in [0.1, 0.15) is 11.8 Å². The van der Waals surface area contributed by atoms with Crippen molar-refractivity contribution in [2.75, 3.05) is 47.4 Å². The number of amides is 2. The Hall–Kier alpha value is -2.65. The zero-order valence-corrected chi connectivity index (χ0v) is 21.1. The summed E-state index contributed by atoms with van der Waals surface area (Å²) >= 11 is 0. The molecule has 4 rings (SSSR count). The molecule has 3 atom stereocenters. The number of fused-ring (bicyclic) bond motifs is 1. The number of nitrogens with one attached hydrogen (secondary N) is 1. The van der Waals surface area contributed by atoms with Crippen LogP contribution in [-0.4, -0.2) is 98.1 Å². The van der Waals surface area contributed by atoms with E-state index in [1.54, 1.807) is 7.11 Å². The number of carbonyl (C=O) groups is 3. The number of hydrogen-bond acceptors (Lipinski definition) is 7. The van der Waals surface area contributed by atoms with Crippen LogP contribution >= 0.6 is 0 Å². The lowest BCUT2D eigenvalue weighted by molar-refractivity contribution is -0.149. The van der Waals surface area contributed by atoms with Gasteiger partial charge in [0.2, 0.25) is 11.8 Å². The van der Waals surface area contributed by atoms with Crippen LogP contribution in [0.4, 0.5) is 0 Å². The van der Waals surface area contributed by atoms with Crippen LogP contribution in [0, 0.1) is 5.92 Å². The molecule has 0 bridgehead atoms. The monoisotopic (exact) mass is 486 g/mol. The van der Waals surface area contributed by atoms with E-state index >= 15 is 0 Å². The second-order valence-corrected chi connectivity index (χ2v) is 9.90. The standard InChI is InChI=1S/C26H38N4O5/c1-28-20(6-9-23(31)29-13-10-19(11-14-29)26(33)35-3)16-27-25(32)24-22(28)12-15-30(24)17-18-4-7-21(34-2)8-5-18/h4-5,7-8,19-20,22,24H,6,9-17H2,1-3H3,(H,27,32)/t20-,22+,24-/m0/s1. The van der Waals surface area contributed by atoms with Gasteiger partial charge in [-0.05, 0) is 50.4 Å². The quantitative estimate of drug-likeness (QED) is 0.580. The largest absolute Gasteiger partial charge is 0.497 e. The summed E-state index contributed by atoms with van der Waals surface area (Å²) in [6.07, 6.45) is 3.39. The van der Waals surface area contributed by atoms with Crippen molar-refractivity contribution < 1.29 is 23.9 Å². The summed E-state index contributed by atoms with van der Waals surface area (Å²) in [4.78, 5) is 44.1. The molecule has 0 aliphatic carbocycles. The van der Waals surface area contributed by atoms with E-state index in [0.29, 0.717) is 45.3 Å². The Labute approximate surface area is 207 Å². The molecule has 1 aromatic rings. The second-order valence-electron chi connectivity index (χ2n) is 9.90. The molecule has 35 heavy (non-hydrogen) atoms. The Morgan fingerprint density at radius 2 is 1.77 bits per heavy atom. The number of likely N-dealkylation sites (tertiary alicyclic amines) is 2. The van der Waals surface area contributed by atoms with Gasteiger partial charge in [-0.25, -0.2) is 0 Å². The lowest BCUT2D eigenvalue weighted by atomic mass is 9.96. The number of nitrogens with zero attached hydrogens (tertiary/aromatic N) is 3. The van der Waals surface area contributed by atoms with Gasteiger partial charge in [-0.2, -0.15) is 0 Å². The van der Waals surface area contributed by atoms with E-state index in [4.69, 9.17) is 9.47 Å². The molecular weight excluding hydrogens is 448 g/mol. The molecule has 0 aromatic heterocycles. The van der Waals surface area contributed by atoms with E-state index in [1.807, 2.05) is 29.2 Å². The van der Waals surface area contributed by atoms with Crippen LogP contribution in [0.5, 0.6) is 5.75 Å². The molecule has 0 spiro atoms. The molecular formula is C26H38N4O5. The van der Waals surface area contributed by atoms with Crippen LogP contribution in [0.1, 0.15) is 37.7 Å². The zero-order valence-electron chi connectivity index (χ0n) is 21.1. The molecule has 9 nitrogen and oxygen atoms in total. The fourth-order valence-electron chi connectivity index (χ4n) is 5.77. The van der Waals surface area contributed by atoms with Gasteiger partial charge >= 0.3 is 5.97 Å². The highest BCUT2D eigenvalue weighted by atomic mass is 16.5. The Bertz CT molecular complexity index is 900. The number of likely N-dealkylation sites (N-methyl/N-ethyl adjacent to an activating group) is 1. The molecule has 3 saturated heterocycles. The van der Waals surface area contributed by atoms with Crippen LogP contribution in [0.15, 0.2) is 24.3 Å². The minimum atomic E-state index is -0.194. The van der Waals surface area contributed by atoms with Crippen molar-refractivity contribution in [2.45, 2.75) is 56.8 Å². The average molecular weight is 487 g/mol. The van der Waals surface area contributed by atoms with Gasteiger partial charge in [-0.1, -0.05) is 12.1 Å². The van der Waals surface area contributed by atoms with E-state index in [1.165, 1.54) is 7.11 Å². The third-order valence-corrected chi connectivity index (χ3v) is 7.97. The number of carbonyl (C=O) groups excluding carboxylic acids is 3. The normalized spacial score (nSPS) is 26.1. The Balaban J connectivity index is 1.31. The SMILES string of the molecule is COC(=O)C1CCN(C(=O)CC[C@H]2CNC(=O)[C@@H]3[C@@H](CCN3Cc3ccc(OC)cc3)N2C)CC1. The fourth-order valence-corrected chi connectivity index (χ4v) is 5.77. The molecule has 1 aromatic carbocycles. The van der Waals surface area contributed by atoms with Crippen LogP contribution in [-0.2, 0) is 25.7 Å². The van der Waals surface area contributed by atoms with Crippen molar-refractivity contribution in [3.05, 3.63) is 29.8 Å². The number of hydrogen-bond donors (Lipinski definition) is 1. The van der Waals surface area contributed by atoms with Crippen LogP contribution < -0.4 is 10.1 Å². The predicted octanol–water partition coefficient (Wildman–Crippen LogP) is 1.26. The number of piperidine rings is 1. The average Bonchev–Trinajstić information content (AvgIpc) is 3.26. The van der Waals surface area contributed by atoms with E-state index in [0.717, 1.165) is 30.8 Å². The molecule has 0 radical (unpaired) electrons. The maximum atomic E-state index is 13.1. The number of methoxy groups -OCH3 is 2. The first-order chi connectivity index (χ1) is 16.9. The Kier molecular flexibility index (Phi) is 8.28. The second kappa shape index (κ2) is 11.4. The molecule has 0 saturated carbocycles. The summed E-state index contributed by atoms with van der Waals surface area (Å²) in [6, 6.07) is 8.05. The van der Waals surface area contributed by atoms with Crippen molar-refractivity contribution in [3.63, 3.8) is 0 Å². The van der Waals surface area contributed by atoms with Gasteiger partial charge in [0.25, 0.3) is 0 Å². The third kappa shape index (κ3) is 5.78. The van der Waals surface area contributed by atoms with Gasteiger partial charge in [0.05, 0.1) is 20.1 Å². The summed E-state index contributed by atoms with van der Waals surface area (Å²) in [6.45, 7) is 3.33. The van der Waals surface area contributed by atoms with E-state index in [2.05, 4.69) is 22.2 Å². The molecule has 3 aliphatic heterocycles. The van der Waals surface area contributed by atoms with Crippen molar-refractivity contribution in [1.82, 2.24) is 20.0 Å². The number of ether oxygens (including phenoxy) is 2. The fraction of sp³-hybridized carbons (Fsp3) is 0.654. The maximum absolute atomic E-state index is 13.1. The highest BCUT2D eigenvalue weighted by Crippen LogP contribution is 2.29. The molecule has 3 heterocycles. The number of esters is 1. The predicted molar refractivity (Wildman–Crippen MR) is 131 cm³/mol. The molecule has 3 aliphatic rings. The first-order valence-electron chi connectivity index (χ1n) is 12.6. The van der Waals surface area contributed by atoms with Crippen LogP contribution in [0.2, 0.25) is 0 Å². The maximum Gasteiger partial charge on any atom is 0.308 e. The summed E-state index contributed by atoms with van der Waals surface area (Å²) in [7, 11) is 5.16. The Morgan fingerprint density at radius 3 is 2.43 bits per heavy atom. The van der Waals surface area contributed by atoms with Crippen LogP contribution in [0.3, 0.4) is 0 Å². The van der Waals surface area contributed by atoms with Gasteiger partial charge < -0.3 is 19.7 Å². The minimum absolute atomic E-state index is 0.0755. The Morgan fingerprint density at radius 1 is 1.06 bits per heavy atom. The molecule has 2 amide bonds. The summed E-state index contributed by atoms with van der Waals surface area (Å²) in [5.74, 6) is 0.741. The van der Waals surface area contributed by atoms with Crippen molar-refractivity contribution in [3.8, 4) is 5.75 Å². The number of benzene rings is 1. The summed E-state index contributed by atoms with van der Waals surface area (Å²) < 4.78 is 10.1.